The molecule has 0 saturated heterocycles. The third-order valence-corrected chi connectivity index (χ3v) is 2.60. The average molecular weight is 258 g/mol. The first-order valence-corrected chi connectivity index (χ1v) is 5.81. The number of carbonyl (C=O) groups excluding carboxylic acids is 1. The van der Waals surface area contributed by atoms with Crippen LogP contribution in [-0.4, -0.2) is 20.4 Å². The molecule has 1 N–H and O–H groups in total. The predicted molar refractivity (Wildman–Crippen MR) is 70.8 cm³/mol. The van der Waals surface area contributed by atoms with Crippen LogP contribution in [0.2, 0.25) is 0 Å². The number of aryl methyl sites for hydroxylation is 2. The minimum absolute atomic E-state index is 0.0812. The third-order valence-electron chi connectivity index (χ3n) is 2.60. The molecule has 98 valence electrons. The van der Waals surface area contributed by atoms with E-state index < -0.39 is 0 Å². The Kier molecular flexibility index (Phi) is 3.70. The highest BCUT2D eigenvalue weighted by Crippen LogP contribution is 2.08. The van der Waals surface area contributed by atoms with Gasteiger partial charge in [0.1, 0.15) is 12.4 Å². The van der Waals surface area contributed by atoms with Gasteiger partial charge in [0, 0.05) is 18.0 Å². The molecule has 2 aromatic rings. The minimum atomic E-state index is -0.311. The van der Waals surface area contributed by atoms with Crippen LogP contribution in [0.25, 0.3) is 0 Å². The van der Waals surface area contributed by atoms with Crippen molar-refractivity contribution >= 4 is 11.7 Å². The van der Waals surface area contributed by atoms with Gasteiger partial charge in [0.15, 0.2) is 0 Å². The number of carbonyl (C=O) groups is 1. The molecule has 19 heavy (non-hydrogen) atoms. The lowest BCUT2D eigenvalue weighted by atomic mass is 10.3. The highest BCUT2D eigenvalue weighted by atomic mass is 16.2. The van der Waals surface area contributed by atoms with Gasteiger partial charge in [-0.15, -0.1) is 0 Å². The van der Waals surface area contributed by atoms with Crippen LogP contribution in [0.5, 0.6) is 0 Å². The quantitative estimate of drug-likeness (QED) is 0.887. The number of amides is 1. The van der Waals surface area contributed by atoms with E-state index in [1.165, 1.54) is 17.0 Å². The van der Waals surface area contributed by atoms with Gasteiger partial charge in [-0.25, -0.2) is 9.97 Å². The van der Waals surface area contributed by atoms with Crippen molar-refractivity contribution < 1.29 is 4.79 Å². The van der Waals surface area contributed by atoms with Crippen LogP contribution in [0.15, 0.2) is 35.5 Å². The number of nitrogens with zero attached hydrogens (tertiary/aromatic N) is 3. The van der Waals surface area contributed by atoms with Gasteiger partial charge in [-0.05, 0) is 25.5 Å². The van der Waals surface area contributed by atoms with Gasteiger partial charge in [0.05, 0.1) is 6.33 Å². The van der Waals surface area contributed by atoms with Gasteiger partial charge in [-0.3, -0.25) is 14.2 Å². The van der Waals surface area contributed by atoms with E-state index in [1.807, 2.05) is 13.0 Å². The lowest BCUT2D eigenvalue weighted by Crippen LogP contribution is -2.28. The fraction of sp³-hybridized carbons (Fsp3) is 0.231. The van der Waals surface area contributed by atoms with Crippen molar-refractivity contribution in [3.05, 3.63) is 52.3 Å². The molecule has 0 aliphatic carbocycles. The molecule has 6 heteroatoms. The molecule has 0 spiro atoms. The normalized spacial score (nSPS) is 10.2. The molecule has 2 aromatic heterocycles. The topological polar surface area (TPSA) is 76.9 Å². The van der Waals surface area contributed by atoms with Crippen LogP contribution in [0.1, 0.15) is 11.3 Å². The molecule has 0 unspecified atom stereocenters. The summed E-state index contributed by atoms with van der Waals surface area (Å²) in [6, 6.07) is 5.03. The van der Waals surface area contributed by atoms with E-state index in [-0.39, 0.29) is 18.0 Å². The SMILES string of the molecule is Cc1cc(=O)n(CC(=O)Nc2ncccc2C)cn1. The lowest BCUT2D eigenvalue weighted by molar-refractivity contribution is -0.116. The maximum absolute atomic E-state index is 11.8. The molecular weight excluding hydrogens is 244 g/mol. The minimum Gasteiger partial charge on any atom is -0.309 e. The predicted octanol–water partition coefficient (Wildman–Crippen LogP) is 0.894. The summed E-state index contributed by atoms with van der Waals surface area (Å²) in [5, 5.41) is 2.66. The summed E-state index contributed by atoms with van der Waals surface area (Å²) >= 11 is 0. The van der Waals surface area contributed by atoms with E-state index in [2.05, 4.69) is 15.3 Å². The van der Waals surface area contributed by atoms with Gasteiger partial charge in [-0.1, -0.05) is 6.07 Å². The monoisotopic (exact) mass is 258 g/mol. The molecule has 0 atom stereocenters. The molecular formula is C13H14N4O2. The molecule has 6 nitrogen and oxygen atoms in total. The number of rotatable bonds is 3. The van der Waals surface area contributed by atoms with E-state index in [0.717, 1.165) is 5.56 Å². The van der Waals surface area contributed by atoms with Crippen LogP contribution < -0.4 is 10.9 Å². The van der Waals surface area contributed by atoms with E-state index >= 15 is 0 Å². The zero-order chi connectivity index (χ0) is 13.8. The fourth-order valence-electron chi connectivity index (χ4n) is 1.58. The van der Waals surface area contributed by atoms with Gasteiger partial charge < -0.3 is 5.32 Å². The molecule has 0 aromatic carbocycles. The lowest BCUT2D eigenvalue weighted by Gasteiger charge is -2.08. The second-order valence-electron chi connectivity index (χ2n) is 4.21. The summed E-state index contributed by atoms with van der Waals surface area (Å²) in [5.74, 6) is 0.190. The largest absolute Gasteiger partial charge is 0.309 e. The summed E-state index contributed by atoms with van der Waals surface area (Å²) in [6.07, 6.45) is 2.96. The Morgan fingerprint density at radius 2 is 2.16 bits per heavy atom. The Labute approximate surface area is 110 Å². The summed E-state index contributed by atoms with van der Waals surface area (Å²) in [5.41, 5.74) is 1.24. The summed E-state index contributed by atoms with van der Waals surface area (Å²) < 4.78 is 1.25. The van der Waals surface area contributed by atoms with Gasteiger partial charge in [0.25, 0.3) is 5.56 Å². The molecule has 0 saturated carbocycles. The molecule has 1 amide bonds. The zero-order valence-corrected chi connectivity index (χ0v) is 10.8. The maximum atomic E-state index is 11.8. The fourth-order valence-corrected chi connectivity index (χ4v) is 1.58. The van der Waals surface area contributed by atoms with Crippen LogP contribution in [0.3, 0.4) is 0 Å². The van der Waals surface area contributed by atoms with Crippen molar-refractivity contribution in [2.24, 2.45) is 0 Å². The Balaban J connectivity index is 2.10. The number of anilines is 1. The van der Waals surface area contributed by atoms with E-state index in [9.17, 15) is 9.59 Å². The van der Waals surface area contributed by atoms with Crippen molar-refractivity contribution in [1.82, 2.24) is 14.5 Å². The number of aromatic nitrogens is 3. The first-order chi connectivity index (χ1) is 9.06. The second-order valence-corrected chi connectivity index (χ2v) is 4.21. The first-order valence-electron chi connectivity index (χ1n) is 5.81. The van der Waals surface area contributed by atoms with Crippen LogP contribution >= 0.6 is 0 Å². The average Bonchev–Trinajstić information content (AvgIpc) is 2.36. The van der Waals surface area contributed by atoms with Crippen molar-refractivity contribution in [3.63, 3.8) is 0 Å². The van der Waals surface area contributed by atoms with Crippen molar-refractivity contribution in [3.8, 4) is 0 Å². The maximum Gasteiger partial charge on any atom is 0.253 e. The second kappa shape index (κ2) is 5.43. The van der Waals surface area contributed by atoms with Crippen LogP contribution in [0, 0.1) is 13.8 Å². The molecule has 2 rings (SSSR count). The van der Waals surface area contributed by atoms with Crippen molar-refractivity contribution in [2.75, 3.05) is 5.32 Å². The Bertz CT molecular complexity index is 664. The van der Waals surface area contributed by atoms with Gasteiger partial charge >= 0.3 is 0 Å². The highest BCUT2D eigenvalue weighted by Gasteiger charge is 2.07. The third kappa shape index (κ3) is 3.25. The van der Waals surface area contributed by atoms with Gasteiger partial charge in [0.2, 0.25) is 5.91 Å². The zero-order valence-electron chi connectivity index (χ0n) is 10.8. The molecule has 0 bridgehead atoms. The number of pyridine rings is 1. The standard InChI is InChI=1S/C13H14N4O2/c1-9-4-3-5-14-13(9)16-11(18)7-17-8-15-10(2)6-12(17)19/h3-6,8H,7H2,1-2H3,(H,14,16,18). The molecule has 0 radical (unpaired) electrons. The van der Waals surface area contributed by atoms with Crippen molar-refractivity contribution in [1.29, 1.82) is 0 Å². The van der Waals surface area contributed by atoms with Gasteiger partial charge in [-0.2, -0.15) is 0 Å². The Morgan fingerprint density at radius 1 is 1.37 bits per heavy atom. The summed E-state index contributed by atoms with van der Waals surface area (Å²) in [6.45, 7) is 3.49. The summed E-state index contributed by atoms with van der Waals surface area (Å²) in [7, 11) is 0. The highest BCUT2D eigenvalue weighted by molar-refractivity contribution is 5.90. The van der Waals surface area contributed by atoms with E-state index in [1.54, 1.807) is 19.2 Å². The smallest absolute Gasteiger partial charge is 0.253 e. The molecule has 0 aliphatic rings. The number of nitrogens with one attached hydrogen (secondary N) is 1. The van der Waals surface area contributed by atoms with E-state index in [0.29, 0.717) is 11.5 Å². The van der Waals surface area contributed by atoms with Crippen LogP contribution in [-0.2, 0) is 11.3 Å². The molecule has 0 fully saturated rings. The van der Waals surface area contributed by atoms with Crippen molar-refractivity contribution in [2.45, 2.75) is 20.4 Å². The number of hydrogen-bond donors (Lipinski definition) is 1. The molecule has 2 heterocycles. The first kappa shape index (κ1) is 12.9. The van der Waals surface area contributed by atoms with Crippen LogP contribution in [0.4, 0.5) is 5.82 Å². The molecule has 0 aliphatic heterocycles. The Morgan fingerprint density at radius 3 is 2.84 bits per heavy atom. The Hall–Kier alpha value is -2.50. The van der Waals surface area contributed by atoms with E-state index in [4.69, 9.17) is 0 Å². The number of hydrogen-bond acceptors (Lipinski definition) is 4. The summed E-state index contributed by atoms with van der Waals surface area (Å²) in [4.78, 5) is 31.5.